The smallest absolute Gasteiger partial charge is 0.234 e. The minimum absolute atomic E-state index is 0.456. The maximum atomic E-state index is 10.8. The molecule has 0 heterocycles. The highest BCUT2D eigenvalue weighted by Crippen LogP contribution is 2.15. The van der Waals surface area contributed by atoms with Crippen molar-refractivity contribution in [1.82, 2.24) is 0 Å². The first-order valence-corrected chi connectivity index (χ1v) is 5.14. The molecule has 82 valence electrons. The third kappa shape index (κ3) is 3.36. The topological polar surface area (TPSA) is 69.1 Å². The van der Waals surface area contributed by atoms with Gasteiger partial charge in [0.15, 0.2) is 0 Å². The quantitative estimate of drug-likeness (QED) is 0.776. The largest absolute Gasteiger partial charge is 0.368 e. The number of carbonyl (C=O) groups excluding carboxylic acids is 1. The molecule has 0 aliphatic carbocycles. The fourth-order valence-corrected chi connectivity index (χ4v) is 1.39. The molecule has 4 N–H and O–H groups in total. The molecule has 3 nitrogen and oxygen atoms in total. The number of nitrogens with two attached hydrogens (primary N) is 2. The third-order valence-corrected chi connectivity index (χ3v) is 2.47. The van der Waals surface area contributed by atoms with Crippen molar-refractivity contribution in [3.63, 3.8) is 0 Å². The van der Waals surface area contributed by atoms with Crippen LogP contribution in [0.1, 0.15) is 30.9 Å². The van der Waals surface area contributed by atoms with Gasteiger partial charge in [-0.2, -0.15) is 0 Å². The lowest BCUT2D eigenvalue weighted by molar-refractivity contribution is -0.119. The van der Waals surface area contributed by atoms with Crippen molar-refractivity contribution in [2.75, 3.05) is 0 Å². The van der Waals surface area contributed by atoms with Crippen LogP contribution in [0.5, 0.6) is 0 Å². The van der Waals surface area contributed by atoms with Crippen molar-refractivity contribution in [2.24, 2.45) is 11.5 Å². The van der Waals surface area contributed by atoms with Gasteiger partial charge in [-0.3, -0.25) is 4.79 Å². The molecule has 0 aliphatic rings. The summed E-state index contributed by atoms with van der Waals surface area (Å²) in [6.07, 6.45) is 0.508. The number of hydrogen-bond donors (Lipinski definition) is 2. The van der Waals surface area contributed by atoms with Gasteiger partial charge in [0.2, 0.25) is 5.91 Å². The van der Waals surface area contributed by atoms with Crippen molar-refractivity contribution in [3.05, 3.63) is 35.4 Å². The van der Waals surface area contributed by atoms with Crippen LogP contribution >= 0.6 is 0 Å². The van der Waals surface area contributed by atoms with Gasteiger partial charge in [-0.05, 0) is 23.5 Å². The molecule has 0 fully saturated rings. The first-order valence-electron chi connectivity index (χ1n) is 5.14. The fourth-order valence-electron chi connectivity index (χ4n) is 1.39. The number of primary amides is 1. The Morgan fingerprint density at radius 3 is 2.20 bits per heavy atom. The van der Waals surface area contributed by atoms with Crippen LogP contribution in [0.15, 0.2) is 24.3 Å². The molecular formula is C12H18N2O. The highest BCUT2D eigenvalue weighted by atomic mass is 16.1. The maximum Gasteiger partial charge on any atom is 0.234 e. The zero-order valence-electron chi connectivity index (χ0n) is 9.23. The first-order chi connectivity index (χ1) is 7.00. The Labute approximate surface area is 90.5 Å². The Morgan fingerprint density at radius 2 is 1.80 bits per heavy atom. The van der Waals surface area contributed by atoms with E-state index in [2.05, 4.69) is 26.0 Å². The van der Waals surface area contributed by atoms with Gasteiger partial charge in [0.05, 0.1) is 6.04 Å². The van der Waals surface area contributed by atoms with E-state index in [1.807, 2.05) is 12.1 Å². The van der Waals surface area contributed by atoms with Crippen LogP contribution in [0.2, 0.25) is 0 Å². The summed E-state index contributed by atoms with van der Waals surface area (Å²) in [4.78, 5) is 10.8. The Bertz CT molecular complexity index is 330. The van der Waals surface area contributed by atoms with Gasteiger partial charge in [-0.15, -0.1) is 0 Å². The normalized spacial score (nSPS) is 12.8. The highest BCUT2D eigenvalue weighted by Gasteiger charge is 2.09. The van der Waals surface area contributed by atoms with Gasteiger partial charge in [0.1, 0.15) is 0 Å². The average molecular weight is 206 g/mol. The Hall–Kier alpha value is -1.35. The molecule has 0 radical (unpaired) electrons. The second-order valence-corrected chi connectivity index (χ2v) is 4.11. The van der Waals surface area contributed by atoms with E-state index in [1.165, 1.54) is 5.56 Å². The summed E-state index contributed by atoms with van der Waals surface area (Å²) in [7, 11) is 0. The zero-order valence-corrected chi connectivity index (χ0v) is 9.23. The maximum absolute atomic E-state index is 10.8. The molecule has 0 bridgehead atoms. The summed E-state index contributed by atoms with van der Waals surface area (Å²) >= 11 is 0. The van der Waals surface area contributed by atoms with Gasteiger partial charge in [-0.25, -0.2) is 0 Å². The van der Waals surface area contributed by atoms with E-state index >= 15 is 0 Å². The van der Waals surface area contributed by atoms with Crippen LogP contribution in [0, 0.1) is 0 Å². The number of hydrogen-bond acceptors (Lipinski definition) is 2. The summed E-state index contributed by atoms with van der Waals surface area (Å²) < 4.78 is 0. The average Bonchev–Trinajstić information content (AvgIpc) is 2.18. The van der Waals surface area contributed by atoms with Crippen LogP contribution in [-0.2, 0) is 11.2 Å². The van der Waals surface area contributed by atoms with Crippen molar-refractivity contribution >= 4 is 5.91 Å². The van der Waals surface area contributed by atoms with Gasteiger partial charge in [0, 0.05) is 0 Å². The molecule has 15 heavy (non-hydrogen) atoms. The summed E-state index contributed by atoms with van der Waals surface area (Å²) in [6, 6.07) is 7.53. The number of amides is 1. The van der Waals surface area contributed by atoms with E-state index in [0.29, 0.717) is 12.3 Å². The summed E-state index contributed by atoms with van der Waals surface area (Å²) in [5.74, 6) is 0.0619. The molecule has 0 aliphatic heterocycles. The molecule has 1 rings (SSSR count). The molecule has 3 heteroatoms. The third-order valence-electron chi connectivity index (χ3n) is 2.47. The van der Waals surface area contributed by atoms with E-state index in [4.69, 9.17) is 11.5 Å². The van der Waals surface area contributed by atoms with Gasteiger partial charge in [0.25, 0.3) is 0 Å². The molecule has 0 saturated carbocycles. The second-order valence-electron chi connectivity index (χ2n) is 4.11. The van der Waals surface area contributed by atoms with Crippen LogP contribution in [-0.4, -0.2) is 11.9 Å². The van der Waals surface area contributed by atoms with Crippen LogP contribution in [0.25, 0.3) is 0 Å². The standard InChI is InChI=1S/C12H18N2O/c1-8(2)10-5-3-9(4-6-10)7-11(13)12(14)15/h3-6,8,11H,7,13H2,1-2H3,(H2,14,15). The number of rotatable bonds is 4. The highest BCUT2D eigenvalue weighted by molar-refractivity contribution is 5.79. The molecule has 1 aromatic carbocycles. The zero-order chi connectivity index (χ0) is 11.4. The van der Waals surface area contributed by atoms with Crippen LogP contribution in [0.3, 0.4) is 0 Å². The molecule has 0 saturated heterocycles. The van der Waals surface area contributed by atoms with Crippen LogP contribution < -0.4 is 11.5 Å². The lowest BCUT2D eigenvalue weighted by atomic mass is 9.99. The predicted octanol–water partition coefficient (Wildman–Crippen LogP) is 1.17. The summed E-state index contributed by atoms with van der Waals surface area (Å²) in [5.41, 5.74) is 13.0. The Kier molecular flexibility index (Phi) is 3.86. The van der Waals surface area contributed by atoms with Crippen molar-refractivity contribution < 1.29 is 4.79 Å². The number of carbonyl (C=O) groups is 1. The van der Waals surface area contributed by atoms with Crippen molar-refractivity contribution in [2.45, 2.75) is 32.2 Å². The molecule has 0 spiro atoms. The number of benzene rings is 1. The molecule has 1 amide bonds. The molecule has 0 aromatic heterocycles. The fraction of sp³-hybridized carbons (Fsp3) is 0.417. The van der Waals surface area contributed by atoms with E-state index in [-0.39, 0.29) is 0 Å². The van der Waals surface area contributed by atoms with Crippen LogP contribution in [0.4, 0.5) is 0 Å². The lowest BCUT2D eigenvalue weighted by Crippen LogP contribution is -2.38. The minimum atomic E-state index is -0.588. The Morgan fingerprint density at radius 1 is 1.27 bits per heavy atom. The molecule has 1 unspecified atom stereocenters. The lowest BCUT2D eigenvalue weighted by Gasteiger charge is -2.09. The summed E-state index contributed by atoms with van der Waals surface area (Å²) in [6.45, 7) is 4.29. The minimum Gasteiger partial charge on any atom is -0.368 e. The van der Waals surface area contributed by atoms with Gasteiger partial charge >= 0.3 is 0 Å². The second kappa shape index (κ2) is 4.94. The van der Waals surface area contributed by atoms with Crippen molar-refractivity contribution in [3.8, 4) is 0 Å². The van der Waals surface area contributed by atoms with E-state index in [0.717, 1.165) is 5.56 Å². The molecular weight excluding hydrogens is 188 g/mol. The molecule has 1 aromatic rings. The van der Waals surface area contributed by atoms with Gasteiger partial charge < -0.3 is 11.5 Å². The van der Waals surface area contributed by atoms with E-state index in [9.17, 15) is 4.79 Å². The van der Waals surface area contributed by atoms with E-state index < -0.39 is 11.9 Å². The monoisotopic (exact) mass is 206 g/mol. The van der Waals surface area contributed by atoms with E-state index in [1.54, 1.807) is 0 Å². The first kappa shape index (κ1) is 11.7. The predicted molar refractivity (Wildman–Crippen MR) is 61.4 cm³/mol. The summed E-state index contributed by atoms with van der Waals surface area (Å²) in [5, 5.41) is 0. The molecule has 1 atom stereocenters. The van der Waals surface area contributed by atoms with Gasteiger partial charge in [-0.1, -0.05) is 38.1 Å². The SMILES string of the molecule is CC(C)c1ccc(CC(N)C(N)=O)cc1. The Balaban J connectivity index is 2.68. The van der Waals surface area contributed by atoms with Crippen molar-refractivity contribution in [1.29, 1.82) is 0 Å².